The fraction of sp³-hybridized carbons (Fsp3) is 0.235. The van der Waals surface area contributed by atoms with Gasteiger partial charge >= 0.3 is 0 Å². The van der Waals surface area contributed by atoms with Gasteiger partial charge in [-0.15, -0.1) is 0 Å². The second-order valence-corrected chi connectivity index (χ2v) is 6.01. The summed E-state index contributed by atoms with van der Waals surface area (Å²) >= 11 is 12.5. The van der Waals surface area contributed by atoms with E-state index in [1.807, 2.05) is 30.3 Å². The van der Waals surface area contributed by atoms with Crippen molar-refractivity contribution in [3.8, 4) is 0 Å². The van der Waals surface area contributed by atoms with Gasteiger partial charge in [0.15, 0.2) is 0 Å². The summed E-state index contributed by atoms with van der Waals surface area (Å²) in [5.41, 5.74) is 2.18. The number of hydrogen-bond donors (Lipinski definition) is 1. The highest BCUT2D eigenvalue weighted by Crippen LogP contribution is 2.37. The largest absolute Gasteiger partial charge is 0.383 e. The van der Waals surface area contributed by atoms with Gasteiger partial charge in [0.25, 0.3) is 5.91 Å². The lowest BCUT2D eigenvalue weighted by Gasteiger charge is -2.38. The molecule has 0 unspecified atom stereocenters. The molecule has 3 rings (SSSR count). The lowest BCUT2D eigenvalue weighted by Crippen LogP contribution is -2.44. The first kappa shape index (κ1) is 16.1. The number of benzene rings is 2. The number of anilines is 1. The number of nitrogens with zero attached hydrogens (tertiary/aromatic N) is 1. The maximum atomic E-state index is 12.9. The Hall–Kier alpha value is -1.75. The standard InChI is InChI=1S/C17H16Cl2N2O2/c1-23-10-9-21-16(12-6-4-7-13(18)15(12)19)20-14-8-3-2-5-11(14)17(21)22/h2-8,16,20H,9-10H2,1H3/t16-/m1/s1. The first-order valence-electron chi connectivity index (χ1n) is 7.23. The SMILES string of the molecule is COCCN1C(=O)c2ccccc2N[C@H]1c1cccc(Cl)c1Cl. The van der Waals surface area contributed by atoms with E-state index in [1.54, 1.807) is 24.1 Å². The number of para-hydroxylation sites is 1. The van der Waals surface area contributed by atoms with E-state index >= 15 is 0 Å². The minimum Gasteiger partial charge on any atom is -0.383 e. The van der Waals surface area contributed by atoms with E-state index in [-0.39, 0.29) is 5.91 Å². The average molecular weight is 351 g/mol. The molecule has 1 N–H and O–H groups in total. The summed E-state index contributed by atoms with van der Waals surface area (Å²) in [5.74, 6) is -0.0579. The van der Waals surface area contributed by atoms with Crippen molar-refractivity contribution in [1.29, 1.82) is 0 Å². The van der Waals surface area contributed by atoms with Crippen LogP contribution in [0.15, 0.2) is 42.5 Å². The van der Waals surface area contributed by atoms with Gasteiger partial charge < -0.3 is 15.0 Å². The molecule has 1 aliphatic rings. The van der Waals surface area contributed by atoms with Crippen LogP contribution < -0.4 is 5.32 Å². The van der Waals surface area contributed by atoms with E-state index < -0.39 is 6.17 Å². The van der Waals surface area contributed by atoms with Gasteiger partial charge in [-0.05, 0) is 18.2 Å². The number of methoxy groups -OCH3 is 1. The third kappa shape index (κ3) is 3.02. The Labute approximate surface area is 144 Å². The Morgan fingerprint density at radius 3 is 2.74 bits per heavy atom. The summed E-state index contributed by atoms with van der Waals surface area (Å²) in [5, 5.41) is 4.28. The molecule has 0 spiro atoms. The quantitative estimate of drug-likeness (QED) is 0.897. The van der Waals surface area contributed by atoms with Gasteiger partial charge in [0.05, 0.1) is 22.2 Å². The van der Waals surface area contributed by atoms with Gasteiger partial charge in [-0.2, -0.15) is 0 Å². The highest BCUT2D eigenvalue weighted by atomic mass is 35.5. The molecule has 2 aromatic carbocycles. The van der Waals surface area contributed by atoms with Crippen LogP contribution in [0.5, 0.6) is 0 Å². The van der Waals surface area contributed by atoms with Crippen molar-refractivity contribution < 1.29 is 9.53 Å². The summed E-state index contributed by atoms with van der Waals surface area (Å²) in [6.45, 7) is 0.883. The smallest absolute Gasteiger partial charge is 0.257 e. The molecule has 1 amide bonds. The van der Waals surface area contributed by atoms with Crippen molar-refractivity contribution in [3.63, 3.8) is 0 Å². The molecule has 0 radical (unpaired) electrons. The predicted octanol–water partition coefficient (Wildman–Crippen LogP) is 4.21. The fourth-order valence-electron chi connectivity index (χ4n) is 2.69. The van der Waals surface area contributed by atoms with Crippen molar-refractivity contribution in [2.75, 3.05) is 25.6 Å². The number of carbonyl (C=O) groups excluding carboxylic acids is 1. The maximum absolute atomic E-state index is 12.9. The maximum Gasteiger partial charge on any atom is 0.257 e. The first-order valence-corrected chi connectivity index (χ1v) is 7.98. The summed E-state index contributed by atoms with van der Waals surface area (Å²) in [4.78, 5) is 14.6. The third-order valence-electron chi connectivity index (χ3n) is 3.83. The molecule has 120 valence electrons. The summed E-state index contributed by atoms with van der Waals surface area (Å²) < 4.78 is 5.14. The highest BCUT2D eigenvalue weighted by molar-refractivity contribution is 6.42. The van der Waals surface area contributed by atoms with Crippen molar-refractivity contribution in [1.82, 2.24) is 4.90 Å². The number of fused-ring (bicyclic) bond motifs is 1. The molecule has 6 heteroatoms. The average Bonchev–Trinajstić information content (AvgIpc) is 2.56. The molecule has 0 fully saturated rings. The number of rotatable bonds is 4. The second-order valence-electron chi connectivity index (χ2n) is 5.23. The molecule has 4 nitrogen and oxygen atoms in total. The zero-order valence-electron chi connectivity index (χ0n) is 12.6. The van der Waals surface area contributed by atoms with Gasteiger partial charge in [0, 0.05) is 24.9 Å². The number of amides is 1. The Morgan fingerprint density at radius 1 is 1.17 bits per heavy atom. The van der Waals surface area contributed by atoms with Crippen LogP contribution in [-0.2, 0) is 4.74 Å². The van der Waals surface area contributed by atoms with E-state index in [0.717, 1.165) is 11.3 Å². The van der Waals surface area contributed by atoms with Crippen LogP contribution in [-0.4, -0.2) is 31.1 Å². The van der Waals surface area contributed by atoms with Crippen molar-refractivity contribution >= 4 is 34.8 Å². The van der Waals surface area contributed by atoms with Gasteiger partial charge in [0.1, 0.15) is 6.17 Å². The predicted molar refractivity (Wildman–Crippen MR) is 92.2 cm³/mol. The second kappa shape index (κ2) is 6.79. The Bertz CT molecular complexity index is 736. The molecule has 0 saturated carbocycles. The van der Waals surface area contributed by atoms with Crippen LogP contribution in [0.1, 0.15) is 22.1 Å². The molecular weight excluding hydrogens is 335 g/mol. The number of hydrogen-bond acceptors (Lipinski definition) is 3. The summed E-state index contributed by atoms with van der Waals surface area (Å²) in [7, 11) is 1.61. The van der Waals surface area contributed by atoms with Crippen molar-refractivity contribution in [2.24, 2.45) is 0 Å². The van der Waals surface area contributed by atoms with Crippen LogP contribution in [0, 0.1) is 0 Å². The molecule has 1 atom stereocenters. The molecule has 2 aromatic rings. The Balaban J connectivity index is 2.06. The summed E-state index contributed by atoms with van der Waals surface area (Å²) in [6.07, 6.45) is -0.390. The van der Waals surface area contributed by atoms with Gasteiger partial charge in [-0.1, -0.05) is 47.5 Å². The minimum absolute atomic E-state index is 0.0579. The zero-order chi connectivity index (χ0) is 16.4. The van der Waals surface area contributed by atoms with Crippen LogP contribution in [0.4, 0.5) is 5.69 Å². The lowest BCUT2D eigenvalue weighted by atomic mass is 10.0. The minimum atomic E-state index is -0.390. The fourth-order valence-corrected chi connectivity index (χ4v) is 3.10. The number of nitrogens with one attached hydrogen (secondary N) is 1. The van der Waals surface area contributed by atoms with Gasteiger partial charge in [-0.25, -0.2) is 0 Å². The van der Waals surface area contributed by atoms with Crippen LogP contribution in [0.25, 0.3) is 0 Å². The monoisotopic (exact) mass is 350 g/mol. The Kier molecular flexibility index (Phi) is 4.76. The Morgan fingerprint density at radius 2 is 1.96 bits per heavy atom. The number of halogens is 2. The van der Waals surface area contributed by atoms with E-state index in [4.69, 9.17) is 27.9 Å². The van der Waals surface area contributed by atoms with Crippen molar-refractivity contribution in [2.45, 2.75) is 6.17 Å². The molecule has 0 aromatic heterocycles. The molecule has 1 heterocycles. The van der Waals surface area contributed by atoms with E-state index in [2.05, 4.69) is 5.32 Å². The third-order valence-corrected chi connectivity index (χ3v) is 4.67. The molecule has 1 aliphatic heterocycles. The zero-order valence-corrected chi connectivity index (χ0v) is 14.1. The number of carbonyl (C=O) groups is 1. The highest BCUT2D eigenvalue weighted by Gasteiger charge is 2.33. The van der Waals surface area contributed by atoms with E-state index in [1.165, 1.54) is 0 Å². The topological polar surface area (TPSA) is 41.6 Å². The van der Waals surface area contributed by atoms with Crippen LogP contribution in [0.3, 0.4) is 0 Å². The van der Waals surface area contributed by atoms with Gasteiger partial charge in [-0.3, -0.25) is 4.79 Å². The lowest BCUT2D eigenvalue weighted by molar-refractivity contribution is 0.0609. The molecular formula is C17H16Cl2N2O2. The van der Waals surface area contributed by atoms with E-state index in [0.29, 0.717) is 28.8 Å². The summed E-state index contributed by atoms with van der Waals surface area (Å²) in [6, 6.07) is 12.8. The molecule has 0 bridgehead atoms. The van der Waals surface area contributed by atoms with Crippen LogP contribution >= 0.6 is 23.2 Å². The van der Waals surface area contributed by atoms with E-state index in [9.17, 15) is 4.79 Å². The van der Waals surface area contributed by atoms with Crippen LogP contribution in [0.2, 0.25) is 10.0 Å². The van der Waals surface area contributed by atoms with Gasteiger partial charge in [0.2, 0.25) is 0 Å². The van der Waals surface area contributed by atoms with Crippen molar-refractivity contribution in [3.05, 3.63) is 63.6 Å². The number of ether oxygens (including phenoxy) is 1. The molecule has 0 saturated heterocycles. The molecule has 0 aliphatic carbocycles. The first-order chi connectivity index (χ1) is 11.1. The molecule has 23 heavy (non-hydrogen) atoms. The normalized spacial score (nSPS) is 16.9.